The SMILES string of the molecule is C=C(C)CO[SiH3]. The Labute approximate surface area is 41.6 Å². The second kappa shape index (κ2) is 3.12. The van der Waals surface area contributed by atoms with E-state index in [0.717, 1.165) is 22.7 Å². The van der Waals surface area contributed by atoms with Crippen molar-refractivity contribution in [2.75, 3.05) is 6.61 Å². The van der Waals surface area contributed by atoms with E-state index >= 15 is 0 Å². The van der Waals surface area contributed by atoms with E-state index in [-0.39, 0.29) is 0 Å². The van der Waals surface area contributed by atoms with Gasteiger partial charge in [0.15, 0.2) is 0 Å². The molecule has 0 saturated carbocycles. The summed E-state index contributed by atoms with van der Waals surface area (Å²) in [5.74, 6) is 0. The molecular weight excluding hydrogens is 92.1 g/mol. The highest BCUT2D eigenvalue weighted by Crippen LogP contribution is 1.82. The van der Waals surface area contributed by atoms with Gasteiger partial charge in [0.25, 0.3) is 0 Å². The fourth-order valence-corrected chi connectivity index (χ4v) is 0.739. The molecule has 1 nitrogen and oxygen atoms in total. The normalized spacial score (nSPS) is 8.83. The Balaban J connectivity index is 2.83. The van der Waals surface area contributed by atoms with E-state index in [1.807, 2.05) is 6.92 Å². The quantitative estimate of drug-likeness (QED) is 0.348. The number of rotatable bonds is 2. The van der Waals surface area contributed by atoms with Crippen LogP contribution in [0.2, 0.25) is 0 Å². The van der Waals surface area contributed by atoms with Gasteiger partial charge in [-0.2, -0.15) is 0 Å². The lowest BCUT2D eigenvalue weighted by Crippen LogP contribution is -1.87. The molecule has 0 atom stereocenters. The molecule has 0 aliphatic carbocycles. The second-order valence-electron chi connectivity index (χ2n) is 1.39. The third kappa shape index (κ3) is 3.92. The summed E-state index contributed by atoms with van der Waals surface area (Å²) in [6, 6.07) is 0. The summed E-state index contributed by atoms with van der Waals surface area (Å²) in [6.45, 7) is 6.34. The molecule has 2 heteroatoms. The molecule has 0 aromatic carbocycles. The van der Waals surface area contributed by atoms with Crippen molar-refractivity contribution in [3.8, 4) is 0 Å². The first kappa shape index (κ1) is 5.92. The van der Waals surface area contributed by atoms with Gasteiger partial charge in [0.1, 0.15) is 10.5 Å². The molecule has 36 valence electrons. The van der Waals surface area contributed by atoms with Gasteiger partial charge in [0, 0.05) is 0 Å². The van der Waals surface area contributed by atoms with E-state index in [1.165, 1.54) is 0 Å². The van der Waals surface area contributed by atoms with Crippen LogP contribution in [0.1, 0.15) is 6.92 Å². The Morgan fingerprint density at radius 3 is 2.50 bits per heavy atom. The van der Waals surface area contributed by atoms with Crippen LogP contribution in [-0.4, -0.2) is 17.1 Å². The highest BCUT2D eigenvalue weighted by Gasteiger charge is 1.74. The van der Waals surface area contributed by atoms with Crippen LogP contribution in [0.5, 0.6) is 0 Å². The predicted molar refractivity (Wildman–Crippen MR) is 30.7 cm³/mol. The van der Waals surface area contributed by atoms with Gasteiger partial charge in [-0.05, 0) is 6.92 Å². The monoisotopic (exact) mass is 102 g/mol. The Kier molecular flexibility index (Phi) is 3.08. The van der Waals surface area contributed by atoms with E-state index < -0.39 is 0 Å². The summed E-state index contributed by atoms with van der Waals surface area (Å²) in [6.07, 6.45) is 0. The van der Waals surface area contributed by atoms with Gasteiger partial charge in [-0.25, -0.2) is 0 Å². The van der Waals surface area contributed by atoms with Crippen LogP contribution in [0.15, 0.2) is 12.2 Å². The highest BCUT2D eigenvalue weighted by atomic mass is 28.2. The van der Waals surface area contributed by atoms with Gasteiger partial charge in [0.2, 0.25) is 0 Å². The van der Waals surface area contributed by atoms with E-state index in [0.29, 0.717) is 0 Å². The summed E-state index contributed by atoms with van der Waals surface area (Å²) < 4.78 is 4.84. The Bertz CT molecular complexity index is 51.5. The maximum absolute atomic E-state index is 4.84. The molecule has 0 fully saturated rings. The average Bonchev–Trinajstić information content (AvgIpc) is 1.35. The van der Waals surface area contributed by atoms with E-state index in [2.05, 4.69) is 6.58 Å². The van der Waals surface area contributed by atoms with Crippen molar-refractivity contribution in [2.45, 2.75) is 6.92 Å². The van der Waals surface area contributed by atoms with Crippen molar-refractivity contribution in [3.63, 3.8) is 0 Å². The average molecular weight is 102 g/mol. The third-order valence-corrected chi connectivity index (χ3v) is 0.679. The summed E-state index contributed by atoms with van der Waals surface area (Å²) >= 11 is 0. The van der Waals surface area contributed by atoms with Crippen LogP contribution in [0, 0.1) is 0 Å². The summed E-state index contributed by atoms with van der Waals surface area (Å²) in [5, 5.41) is 0. The maximum Gasteiger partial charge on any atom is 0.146 e. The fraction of sp³-hybridized carbons (Fsp3) is 0.500. The summed E-state index contributed by atoms with van der Waals surface area (Å²) in [5.41, 5.74) is 1.10. The van der Waals surface area contributed by atoms with Crippen LogP contribution < -0.4 is 0 Å². The minimum atomic E-state index is 0.742. The number of hydrogen-bond acceptors (Lipinski definition) is 1. The van der Waals surface area contributed by atoms with Crippen molar-refractivity contribution in [1.82, 2.24) is 0 Å². The van der Waals surface area contributed by atoms with Gasteiger partial charge < -0.3 is 4.43 Å². The minimum absolute atomic E-state index is 0.742. The van der Waals surface area contributed by atoms with E-state index in [9.17, 15) is 0 Å². The topological polar surface area (TPSA) is 9.23 Å². The first-order chi connectivity index (χ1) is 2.77. The van der Waals surface area contributed by atoms with Crippen molar-refractivity contribution in [1.29, 1.82) is 0 Å². The molecular formula is C4H10OSi. The first-order valence-corrected chi connectivity index (χ1v) is 2.72. The Morgan fingerprint density at radius 2 is 2.50 bits per heavy atom. The molecule has 0 rings (SSSR count). The van der Waals surface area contributed by atoms with Crippen LogP contribution >= 0.6 is 0 Å². The lowest BCUT2D eigenvalue weighted by molar-refractivity contribution is 0.389. The van der Waals surface area contributed by atoms with Crippen molar-refractivity contribution in [2.24, 2.45) is 0 Å². The summed E-state index contributed by atoms with van der Waals surface area (Å²) in [7, 11) is 0.826. The molecule has 0 unspecified atom stereocenters. The van der Waals surface area contributed by atoms with Crippen LogP contribution in [-0.2, 0) is 4.43 Å². The Hall–Kier alpha value is -0.0831. The second-order valence-corrected chi connectivity index (χ2v) is 1.97. The first-order valence-electron chi connectivity index (χ1n) is 1.90. The zero-order valence-electron chi connectivity index (χ0n) is 4.32. The maximum atomic E-state index is 4.84. The van der Waals surface area contributed by atoms with Gasteiger partial charge in [0.05, 0.1) is 6.61 Å². The molecule has 0 bridgehead atoms. The zero-order valence-corrected chi connectivity index (χ0v) is 6.32. The fourth-order valence-electron chi connectivity index (χ4n) is 0.246. The van der Waals surface area contributed by atoms with Crippen molar-refractivity contribution >= 4 is 10.5 Å². The lowest BCUT2D eigenvalue weighted by atomic mass is 10.4. The van der Waals surface area contributed by atoms with Gasteiger partial charge in [-0.1, -0.05) is 12.2 Å². The van der Waals surface area contributed by atoms with Crippen LogP contribution in [0.25, 0.3) is 0 Å². The van der Waals surface area contributed by atoms with Crippen LogP contribution in [0.3, 0.4) is 0 Å². The predicted octanol–water partition coefficient (Wildman–Crippen LogP) is -0.141. The van der Waals surface area contributed by atoms with E-state index in [4.69, 9.17) is 4.43 Å². The van der Waals surface area contributed by atoms with E-state index in [1.54, 1.807) is 0 Å². The molecule has 0 saturated heterocycles. The molecule has 0 aromatic heterocycles. The molecule has 0 aliphatic heterocycles. The lowest BCUT2D eigenvalue weighted by Gasteiger charge is -1.91. The highest BCUT2D eigenvalue weighted by molar-refractivity contribution is 5.98. The molecule has 0 aliphatic rings. The number of hydrogen-bond donors (Lipinski definition) is 0. The van der Waals surface area contributed by atoms with Gasteiger partial charge in [-0.3, -0.25) is 0 Å². The smallest absolute Gasteiger partial charge is 0.146 e. The molecule has 0 heterocycles. The largest absolute Gasteiger partial charge is 0.424 e. The summed E-state index contributed by atoms with van der Waals surface area (Å²) in [4.78, 5) is 0. The molecule has 6 heavy (non-hydrogen) atoms. The molecule has 0 radical (unpaired) electrons. The molecule has 0 N–H and O–H groups in total. The van der Waals surface area contributed by atoms with Crippen molar-refractivity contribution in [3.05, 3.63) is 12.2 Å². The van der Waals surface area contributed by atoms with Crippen LogP contribution in [0.4, 0.5) is 0 Å². The Morgan fingerprint density at radius 1 is 2.00 bits per heavy atom. The molecule has 0 spiro atoms. The van der Waals surface area contributed by atoms with Gasteiger partial charge in [-0.15, -0.1) is 0 Å². The molecule has 0 amide bonds. The third-order valence-electron chi connectivity index (χ3n) is 0.391. The van der Waals surface area contributed by atoms with Crippen molar-refractivity contribution < 1.29 is 4.43 Å². The van der Waals surface area contributed by atoms with Gasteiger partial charge >= 0.3 is 0 Å². The zero-order chi connectivity index (χ0) is 4.99. The standard InChI is InChI=1S/C4H10OSi/c1-4(2)3-5-6/h1,3H2,2,6H3. The minimum Gasteiger partial charge on any atom is -0.424 e. The molecule has 0 aromatic rings.